The first-order valence-electron chi connectivity index (χ1n) is 12.1. The van der Waals surface area contributed by atoms with Crippen LogP contribution in [0.25, 0.3) is 10.9 Å². The van der Waals surface area contributed by atoms with Gasteiger partial charge >= 0.3 is 0 Å². The van der Waals surface area contributed by atoms with Crippen molar-refractivity contribution < 1.29 is 18.7 Å². The Hall–Kier alpha value is -2.43. The minimum absolute atomic E-state index is 0. The summed E-state index contributed by atoms with van der Waals surface area (Å²) in [5, 5.41) is 7.51. The third-order valence-corrected chi connectivity index (χ3v) is 7.28. The fourth-order valence-corrected chi connectivity index (χ4v) is 5.21. The lowest BCUT2D eigenvalue weighted by atomic mass is 9.97. The first kappa shape index (κ1) is 30.1. The molecule has 4 heterocycles. The second-order valence-electron chi connectivity index (χ2n) is 9.29. The lowest BCUT2D eigenvalue weighted by Crippen LogP contribution is -2.46. The van der Waals surface area contributed by atoms with Crippen LogP contribution in [0.3, 0.4) is 0 Å². The summed E-state index contributed by atoms with van der Waals surface area (Å²) in [6, 6.07) is 7.38. The highest BCUT2D eigenvalue weighted by atomic mass is 35.5. The van der Waals surface area contributed by atoms with Gasteiger partial charge in [0.2, 0.25) is 0 Å². The number of amides is 1. The smallest absolute Gasteiger partial charge is 0.263 e. The molecule has 1 unspecified atom stereocenters. The van der Waals surface area contributed by atoms with Crippen molar-refractivity contribution >= 4 is 59.0 Å². The Kier molecular flexibility index (Phi) is 10.4. The van der Waals surface area contributed by atoms with Crippen molar-refractivity contribution in [2.24, 2.45) is 0 Å². The number of likely N-dealkylation sites (tertiary alicyclic amines) is 1. The number of nitrogens with zero attached hydrogens (tertiary/aromatic N) is 3. The zero-order valence-corrected chi connectivity index (χ0v) is 23.5. The highest BCUT2D eigenvalue weighted by molar-refractivity contribution is 6.32. The molecular weight excluding hydrogens is 556 g/mol. The first-order valence-corrected chi connectivity index (χ1v) is 12.5. The highest BCUT2D eigenvalue weighted by Gasteiger charge is 2.25. The van der Waals surface area contributed by atoms with Crippen LogP contribution in [-0.4, -0.2) is 59.7 Å². The van der Waals surface area contributed by atoms with Crippen LogP contribution in [0.15, 0.2) is 30.5 Å². The zero-order chi connectivity index (χ0) is 25.2. The van der Waals surface area contributed by atoms with Crippen molar-refractivity contribution in [3.8, 4) is 11.5 Å². The van der Waals surface area contributed by atoms with Gasteiger partial charge in [0.1, 0.15) is 0 Å². The lowest BCUT2D eigenvalue weighted by Gasteiger charge is -2.36. The third-order valence-electron chi connectivity index (χ3n) is 6.96. The lowest BCUT2D eigenvalue weighted by molar-refractivity contribution is -0.118. The molecule has 5 rings (SSSR count). The first-order chi connectivity index (χ1) is 17.4. The van der Waals surface area contributed by atoms with Gasteiger partial charge in [0.25, 0.3) is 5.91 Å². The van der Waals surface area contributed by atoms with Gasteiger partial charge in [-0.05, 0) is 69.1 Å². The Bertz CT molecular complexity index is 1290. The van der Waals surface area contributed by atoms with Gasteiger partial charge in [-0.15, -0.1) is 24.8 Å². The number of halogens is 4. The Morgan fingerprint density at radius 1 is 1.26 bits per heavy atom. The Labute approximate surface area is 238 Å². The van der Waals surface area contributed by atoms with Crippen LogP contribution in [-0.2, 0) is 17.8 Å². The number of methoxy groups -OCH3 is 1. The molecule has 0 bridgehead atoms. The number of fused-ring (bicyclic) bond motifs is 2. The van der Waals surface area contributed by atoms with E-state index in [9.17, 15) is 9.18 Å². The number of carbonyl (C=O) groups excluding carboxylic acids is 1. The summed E-state index contributed by atoms with van der Waals surface area (Å²) in [5.74, 6) is 0.662. The van der Waals surface area contributed by atoms with E-state index in [2.05, 4.69) is 32.4 Å². The summed E-state index contributed by atoms with van der Waals surface area (Å²) in [7, 11) is 1.47. The number of pyridine rings is 2. The van der Waals surface area contributed by atoms with E-state index in [1.165, 1.54) is 13.2 Å². The van der Waals surface area contributed by atoms with Gasteiger partial charge in [0, 0.05) is 24.8 Å². The second-order valence-corrected chi connectivity index (χ2v) is 9.70. The van der Waals surface area contributed by atoms with E-state index in [1.54, 1.807) is 12.3 Å². The summed E-state index contributed by atoms with van der Waals surface area (Å²) in [6.07, 6.45) is 4.30. The van der Waals surface area contributed by atoms with Gasteiger partial charge < -0.3 is 25.0 Å². The van der Waals surface area contributed by atoms with Crippen LogP contribution in [0.1, 0.15) is 31.0 Å². The number of ether oxygens (including phenoxy) is 2. The van der Waals surface area contributed by atoms with E-state index in [1.807, 2.05) is 12.1 Å². The molecule has 12 heteroatoms. The number of piperidine rings is 1. The zero-order valence-electron chi connectivity index (χ0n) is 21.1. The van der Waals surface area contributed by atoms with Crippen LogP contribution in [0.4, 0.5) is 10.2 Å². The maximum atomic E-state index is 14.4. The van der Waals surface area contributed by atoms with Crippen molar-refractivity contribution in [2.45, 2.75) is 44.8 Å². The van der Waals surface area contributed by atoms with E-state index in [0.717, 1.165) is 37.2 Å². The number of anilines is 1. The topological polar surface area (TPSA) is 88.6 Å². The number of rotatable bonds is 7. The second kappa shape index (κ2) is 13.1. The normalized spacial score (nSPS) is 16.5. The predicted octanol–water partition coefficient (Wildman–Crippen LogP) is 4.79. The van der Waals surface area contributed by atoms with Crippen LogP contribution < -0.4 is 20.1 Å². The molecule has 1 aromatic carbocycles. The molecule has 1 atom stereocenters. The number of carbonyl (C=O) groups is 1. The van der Waals surface area contributed by atoms with Crippen LogP contribution >= 0.6 is 36.4 Å². The molecule has 0 radical (unpaired) electrons. The van der Waals surface area contributed by atoms with Crippen molar-refractivity contribution in [1.82, 2.24) is 20.2 Å². The van der Waals surface area contributed by atoms with E-state index in [0.29, 0.717) is 46.5 Å². The molecule has 2 aliphatic rings. The fourth-order valence-electron chi connectivity index (χ4n) is 4.99. The molecule has 0 saturated carbocycles. The molecule has 1 amide bonds. The van der Waals surface area contributed by atoms with E-state index in [-0.39, 0.29) is 49.1 Å². The van der Waals surface area contributed by atoms with Gasteiger partial charge in [0.05, 0.1) is 28.7 Å². The molecule has 1 saturated heterocycles. The van der Waals surface area contributed by atoms with Crippen molar-refractivity contribution in [3.63, 3.8) is 0 Å². The molecule has 0 aliphatic carbocycles. The summed E-state index contributed by atoms with van der Waals surface area (Å²) in [5.41, 5.74) is 2.39. The highest BCUT2D eigenvalue weighted by Crippen LogP contribution is 2.35. The Balaban J connectivity index is 0.00000200. The maximum absolute atomic E-state index is 14.4. The summed E-state index contributed by atoms with van der Waals surface area (Å²) >= 11 is 6.54. The predicted molar refractivity (Wildman–Crippen MR) is 151 cm³/mol. The average molecular weight is 587 g/mol. The van der Waals surface area contributed by atoms with E-state index >= 15 is 0 Å². The number of hydrogen-bond acceptors (Lipinski definition) is 7. The molecule has 3 aromatic rings. The number of benzene rings is 1. The molecule has 38 heavy (non-hydrogen) atoms. The molecule has 2 aromatic heterocycles. The molecular formula is C26H31Cl3FN5O3. The van der Waals surface area contributed by atoms with Crippen LogP contribution in [0.5, 0.6) is 11.5 Å². The molecule has 1 fully saturated rings. The number of hydrogen-bond donors (Lipinski definition) is 2. The van der Waals surface area contributed by atoms with Gasteiger partial charge in [0.15, 0.2) is 29.7 Å². The van der Waals surface area contributed by atoms with Crippen molar-refractivity contribution in [2.75, 3.05) is 32.1 Å². The van der Waals surface area contributed by atoms with Crippen LogP contribution in [0, 0.1) is 5.82 Å². The quantitative estimate of drug-likeness (QED) is 0.412. The minimum Gasteiger partial charge on any atom is -0.493 e. The Morgan fingerprint density at radius 3 is 2.76 bits per heavy atom. The summed E-state index contributed by atoms with van der Waals surface area (Å²) in [6.45, 7) is 4.69. The van der Waals surface area contributed by atoms with Crippen molar-refractivity contribution in [1.29, 1.82) is 0 Å². The van der Waals surface area contributed by atoms with E-state index < -0.39 is 5.82 Å². The summed E-state index contributed by atoms with van der Waals surface area (Å²) in [4.78, 5) is 22.9. The number of nitrogens with one attached hydrogen (secondary N) is 2. The van der Waals surface area contributed by atoms with Gasteiger partial charge in [-0.1, -0.05) is 11.6 Å². The van der Waals surface area contributed by atoms with Gasteiger partial charge in [-0.2, -0.15) is 0 Å². The fraction of sp³-hybridized carbons (Fsp3) is 0.423. The molecule has 0 spiro atoms. The molecule has 2 N–H and O–H groups in total. The minimum atomic E-state index is -0.418. The van der Waals surface area contributed by atoms with Gasteiger partial charge in [-0.3, -0.25) is 9.78 Å². The molecule has 8 nitrogen and oxygen atoms in total. The monoisotopic (exact) mass is 585 g/mol. The van der Waals surface area contributed by atoms with Gasteiger partial charge in [-0.25, -0.2) is 9.37 Å². The van der Waals surface area contributed by atoms with Crippen molar-refractivity contribution in [3.05, 3.63) is 52.6 Å². The Morgan fingerprint density at radius 2 is 2.03 bits per heavy atom. The van der Waals surface area contributed by atoms with E-state index in [4.69, 9.17) is 21.1 Å². The van der Waals surface area contributed by atoms with Crippen LogP contribution in [0.2, 0.25) is 5.02 Å². The SMILES string of the molecule is COc1c(F)ccc2ncc(Cl)c(CC(C)N3CCC(NCc4ccc5c(n4)NC(=O)CO5)CC3)c12.Cl.Cl. The summed E-state index contributed by atoms with van der Waals surface area (Å²) < 4.78 is 25.2. The maximum Gasteiger partial charge on any atom is 0.263 e. The molecule has 2 aliphatic heterocycles. The largest absolute Gasteiger partial charge is 0.493 e. The average Bonchev–Trinajstić information content (AvgIpc) is 2.89. The standard InChI is InChI=1S/C26H29ClFN5O3.2ClH/c1-15(11-18-19(27)13-30-21-5-4-20(28)25(35-2)24(18)21)33-9-7-16(8-10-33)29-12-17-3-6-22-26(31-17)32-23(34)14-36-22;;/h3-6,13,15-16,29H,7-12,14H2,1-2H3,(H,31,32,34);2*1H. The third kappa shape index (κ3) is 6.40. The number of aromatic nitrogens is 2. The molecule has 206 valence electrons.